The lowest BCUT2D eigenvalue weighted by molar-refractivity contribution is -0.386. The molecule has 0 amide bonds. The highest BCUT2D eigenvalue weighted by atomic mass is 35.5. The molecule has 1 aromatic carbocycles. The number of piperidine rings is 1. The predicted molar refractivity (Wildman–Crippen MR) is 87.4 cm³/mol. The Balaban J connectivity index is 0.00000288. The average molecular weight is 384 g/mol. The van der Waals surface area contributed by atoms with E-state index in [1.807, 2.05) is 0 Å². The van der Waals surface area contributed by atoms with Gasteiger partial charge in [-0.2, -0.15) is 4.31 Å². The molecule has 1 fully saturated rings. The maximum atomic E-state index is 14.0. The van der Waals surface area contributed by atoms with Crippen molar-refractivity contribution in [2.75, 3.05) is 20.2 Å². The van der Waals surface area contributed by atoms with E-state index in [0.717, 1.165) is 25.7 Å². The van der Waals surface area contributed by atoms with Crippen LogP contribution in [0.1, 0.15) is 19.3 Å². The van der Waals surface area contributed by atoms with Gasteiger partial charge in [-0.05, 0) is 18.9 Å². The number of ether oxygens (including phenoxy) is 1. The fraction of sp³-hybridized carbons (Fsp3) is 0.538. The number of nitro groups is 1. The number of nitrogens with zero attached hydrogens (tertiary/aromatic N) is 2. The molecule has 1 atom stereocenters. The monoisotopic (exact) mass is 383 g/mol. The SMILES string of the molecule is COc1c(F)cc(S(=O)(=O)N2CCCCC2CN)cc1[N+](=O)[O-].Cl. The lowest BCUT2D eigenvalue weighted by Crippen LogP contribution is -2.47. The first-order chi connectivity index (χ1) is 10.8. The van der Waals surface area contributed by atoms with E-state index in [2.05, 4.69) is 4.74 Å². The first-order valence-corrected chi connectivity index (χ1v) is 8.50. The number of nitrogens with two attached hydrogens (primary N) is 1. The first-order valence-electron chi connectivity index (χ1n) is 7.06. The zero-order valence-electron chi connectivity index (χ0n) is 13.0. The van der Waals surface area contributed by atoms with Gasteiger partial charge in [-0.25, -0.2) is 12.8 Å². The minimum Gasteiger partial charge on any atom is -0.488 e. The van der Waals surface area contributed by atoms with Crippen molar-refractivity contribution in [2.24, 2.45) is 5.73 Å². The quantitative estimate of drug-likeness (QED) is 0.610. The van der Waals surface area contributed by atoms with Crippen molar-refractivity contribution in [3.63, 3.8) is 0 Å². The van der Waals surface area contributed by atoms with Gasteiger partial charge in [0.1, 0.15) is 0 Å². The van der Waals surface area contributed by atoms with Crippen LogP contribution >= 0.6 is 12.4 Å². The van der Waals surface area contributed by atoms with E-state index in [1.54, 1.807) is 0 Å². The van der Waals surface area contributed by atoms with Crippen LogP contribution in [-0.2, 0) is 10.0 Å². The number of methoxy groups -OCH3 is 1. The second-order valence-corrected chi connectivity index (χ2v) is 7.11. The van der Waals surface area contributed by atoms with Crippen LogP contribution in [0.15, 0.2) is 17.0 Å². The molecule has 1 heterocycles. The maximum Gasteiger partial charge on any atom is 0.315 e. The summed E-state index contributed by atoms with van der Waals surface area (Å²) in [6.45, 7) is 0.394. The van der Waals surface area contributed by atoms with Gasteiger partial charge in [0.15, 0.2) is 5.82 Å². The lowest BCUT2D eigenvalue weighted by Gasteiger charge is -2.33. The van der Waals surface area contributed by atoms with E-state index in [0.29, 0.717) is 12.8 Å². The zero-order valence-corrected chi connectivity index (χ0v) is 14.6. The van der Waals surface area contributed by atoms with Gasteiger partial charge in [-0.3, -0.25) is 10.1 Å². The molecule has 1 aromatic rings. The minimum absolute atomic E-state index is 0. The summed E-state index contributed by atoms with van der Waals surface area (Å²) < 4.78 is 45.3. The molecule has 1 aliphatic rings. The van der Waals surface area contributed by atoms with Crippen LogP contribution in [0.4, 0.5) is 10.1 Å². The average Bonchev–Trinajstić information content (AvgIpc) is 2.53. The summed E-state index contributed by atoms with van der Waals surface area (Å²) in [4.78, 5) is 9.69. The van der Waals surface area contributed by atoms with Crippen molar-refractivity contribution in [1.82, 2.24) is 4.31 Å². The zero-order chi connectivity index (χ0) is 17.2. The number of sulfonamides is 1. The molecule has 24 heavy (non-hydrogen) atoms. The van der Waals surface area contributed by atoms with Gasteiger partial charge < -0.3 is 10.5 Å². The highest BCUT2D eigenvalue weighted by Crippen LogP contribution is 2.34. The summed E-state index contributed by atoms with van der Waals surface area (Å²) in [5.41, 5.74) is 4.88. The van der Waals surface area contributed by atoms with Crippen LogP contribution in [0.25, 0.3) is 0 Å². The molecular weight excluding hydrogens is 365 g/mol. The topological polar surface area (TPSA) is 116 Å². The van der Waals surface area contributed by atoms with Crippen molar-refractivity contribution in [3.05, 3.63) is 28.1 Å². The van der Waals surface area contributed by atoms with Crippen LogP contribution in [-0.4, -0.2) is 43.9 Å². The fourth-order valence-corrected chi connectivity index (χ4v) is 4.44. The number of hydrogen-bond donors (Lipinski definition) is 1. The normalized spacial score (nSPS) is 18.7. The molecule has 0 saturated carbocycles. The Morgan fingerprint density at radius 1 is 1.46 bits per heavy atom. The molecule has 0 spiro atoms. The smallest absolute Gasteiger partial charge is 0.315 e. The third kappa shape index (κ3) is 3.77. The van der Waals surface area contributed by atoms with Gasteiger partial charge in [0.25, 0.3) is 0 Å². The Hall–Kier alpha value is -1.49. The van der Waals surface area contributed by atoms with Crippen molar-refractivity contribution in [2.45, 2.75) is 30.2 Å². The predicted octanol–water partition coefficient (Wildman–Crippen LogP) is 1.67. The van der Waals surface area contributed by atoms with Gasteiger partial charge in [0, 0.05) is 25.2 Å². The largest absolute Gasteiger partial charge is 0.488 e. The van der Waals surface area contributed by atoms with Gasteiger partial charge in [0.2, 0.25) is 15.8 Å². The van der Waals surface area contributed by atoms with Crippen LogP contribution in [0.3, 0.4) is 0 Å². The van der Waals surface area contributed by atoms with Crippen LogP contribution in [0, 0.1) is 15.9 Å². The molecule has 1 aliphatic heterocycles. The molecule has 8 nitrogen and oxygen atoms in total. The summed E-state index contributed by atoms with van der Waals surface area (Å²) in [6, 6.07) is 1.17. The number of hydrogen-bond acceptors (Lipinski definition) is 6. The molecule has 0 aliphatic carbocycles. The summed E-state index contributed by atoms with van der Waals surface area (Å²) in [7, 11) is -3.00. The summed E-state index contributed by atoms with van der Waals surface area (Å²) in [6.07, 6.45) is 2.12. The third-order valence-corrected chi connectivity index (χ3v) is 5.78. The van der Waals surface area contributed by atoms with E-state index >= 15 is 0 Å². The second-order valence-electron chi connectivity index (χ2n) is 5.22. The van der Waals surface area contributed by atoms with Crippen molar-refractivity contribution in [3.8, 4) is 5.75 Å². The molecule has 2 N–H and O–H groups in total. The van der Waals surface area contributed by atoms with Crippen molar-refractivity contribution >= 4 is 28.1 Å². The number of halogens is 2. The molecule has 136 valence electrons. The van der Waals surface area contributed by atoms with Crippen molar-refractivity contribution in [1.29, 1.82) is 0 Å². The summed E-state index contributed by atoms with van der Waals surface area (Å²) >= 11 is 0. The molecule has 11 heteroatoms. The Bertz CT molecular complexity index is 716. The first kappa shape index (κ1) is 20.6. The molecule has 1 saturated heterocycles. The second kappa shape index (κ2) is 8.06. The van der Waals surface area contributed by atoms with E-state index in [4.69, 9.17) is 5.73 Å². The fourth-order valence-electron chi connectivity index (χ4n) is 2.70. The highest BCUT2D eigenvalue weighted by molar-refractivity contribution is 7.89. The summed E-state index contributed by atoms with van der Waals surface area (Å²) in [5.74, 6) is -1.69. The number of benzene rings is 1. The highest BCUT2D eigenvalue weighted by Gasteiger charge is 2.35. The Labute approximate surface area is 145 Å². The van der Waals surface area contributed by atoms with Gasteiger partial charge >= 0.3 is 5.69 Å². The molecule has 0 bridgehead atoms. The van der Waals surface area contributed by atoms with Crippen molar-refractivity contribution < 1.29 is 22.5 Å². The lowest BCUT2D eigenvalue weighted by atomic mass is 10.1. The van der Waals surface area contributed by atoms with E-state index in [9.17, 15) is 22.9 Å². The van der Waals surface area contributed by atoms with Gasteiger partial charge in [-0.1, -0.05) is 6.42 Å². The Morgan fingerprint density at radius 3 is 2.67 bits per heavy atom. The Kier molecular flexibility index (Phi) is 6.90. The van der Waals surface area contributed by atoms with Crippen LogP contribution in [0.2, 0.25) is 0 Å². The van der Waals surface area contributed by atoms with E-state index in [1.165, 1.54) is 4.31 Å². The van der Waals surface area contributed by atoms with Gasteiger partial charge in [-0.15, -0.1) is 12.4 Å². The van der Waals surface area contributed by atoms with E-state index < -0.39 is 43.1 Å². The van der Waals surface area contributed by atoms with Crippen LogP contribution < -0.4 is 10.5 Å². The molecule has 1 unspecified atom stereocenters. The van der Waals surface area contributed by atoms with Gasteiger partial charge in [0.05, 0.1) is 16.9 Å². The minimum atomic E-state index is -4.07. The maximum absolute atomic E-state index is 14.0. The van der Waals surface area contributed by atoms with Crippen LogP contribution in [0.5, 0.6) is 5.75 Å². The number of rotatable bonds is 5. The van der Waals surface area contributed by atoms with E-state index in [-0.39, 0.29) is 25.5 Å². The molecule has 2 rings (SSSR count). The Morgan fingerprint density at radius 2 is 2.12 bits per heavy atom. The standard InChI is InChI=1S/C13H18FN3O5S.ClH/c1-22-13-11(14)6-10(7-12(13)17(18)19)23(20,21)16-5-3-2-4-9(16)8-15;/h6-7,9H,2-5,8,15H2,1H3;1H. The molecular formula is C13H19ClFN3O5S. The molecule has 0 radical (unpaired) electrons. The summed E-state index contributed by atoms with van der Waals surface area (Å²) in [5, 5.41) is 11.0. The number of nitro benzene ring substituents is 1. The molecule has 0 aromatic heterocycles. The third-order valence-electron chi connectivity index (χ3n) is 3.85.